The summed E-state index contributed by atoms with van der Waals surface area (Å²) < 4.78 is 3.34. The number of hydrogen-bond donors (Lipinski definition) is 1. The molecule has 0 spiro atoms. The van der Waals surface area contributed by atoms with E-state index in [1.807, 2.05) is 19.2 Å². The minimum atomic E-state index is 0.0109. The molecule has 0 aliphatic carbocycles. The van der Waals surface area contributed by atoms with E-state index in [9.17, 15) is 4.79 Å². The van der Waals surface area contributed by atoms with Crippen LogP contribution in [0.25, 0.3) is 5.52 Å². The third kappa shape index (κ3) is 2.00. The second kappa shape index (κ2) is 4.33. The third-order valence-corrected chi connectivity index (χ3v) is 3.17. The first-order chi connectivity index (χ1) is 7.61. The van der Waals surface area contributed by atoms with Gasteiger partial charge in [0.1, 0.15) is 5.52 Å². The third-order valence-electron chi connectivity index (χ3n) is 2.55. The molecule has 0 bridgehead atoms. The van der Waals surface area contributed by atoms with Gasteiger partial charge >= 0.3 is 0 Å². The standard InChI is InChI=1S/C11H15N3OS/c1-8(7-16)6-13-3-4-14-10(11(13)15)5-9(2)12-14/h3-5,8,16H,6-7H2,1-2H3. The van der Waals surface area contributed by atoms with E-state index < -0.39 is 0 Å². The van der Waals surface area contributed by atoms with Crippen molar-refractivity contribution in [3.05, 3.63) is 34.5 Å². The molecule has 4 nitrogen and oxygen atoms in total. The highest BCUT2D eigenvalue weighted by Crippen LogP contribution is 2.03. The van der Waals surface area contributed by atoms with Crippen LogP contribution in [0.4, 0.5) is 0 Å². The summed E-state index contributed by atoms with van der Waals surface area (Å²) in [6.07, 6.45) is 3.59. The lowest BCUT2D eigenvalue weighted by molar-refractivity contribution is 0.517. The molecule has 1 unspecified atom stereocenters. The quantitative estimate of drug-likeness (QED) is 0.819. The van der Waals surface area contributed by atoms with Crippen LogP contribution >= 0.6 is 12.6 Å². The Bertz CT molecular complexity index is 558. The molecule has 0 aliphatic heterocycles. The Labute approximate surface area is 99.3 Å². The second-order valence-corrected chi connectivity index (χ2v) is 4.52. The molecule has 0 radical (unpaired) electrons. The summed E-state index contributed by atoms with van der Waals surface area (Å²) in [6, 6.07) is 1.81. The van der Waals surface area contributed by atoms with Crippen LogP contribution in [0.15, 0.2) is 23.3 Å². The molecule has 5 heteroatoms. The second-order valence-electron chi connectivity index (χ2n) is 4.16. The number of rotatable bonds is 3. The monoisotopic (exact) mass is 237 g/mol. The fourth-order valence-electron chi connectivity index (χ4n) is 1.69. The zero-order valence-electron chi connectivity index (χ0n) is 9.42. The van der Waals surface area contributed by atoms with Gasteiger partial charge in [0.05, 0.1) is 5.69 Å². The molecule has 2 heterocycles. The molecule has 16 heavy (non-hydrogen) atoms. The van der Waals surface area contributed by atoms with Crippen molar-refractivity contribution in [3.63, 3.8) is 0 Å². The fraction of sp³-hybridized carbons (Fsp3) is 0.455. The van der Waals surface area contributed by atoms with Crippen LogP contribution in [0.2, 0.25) is 0 Å². The highest BCUT2D eigenvalue weighted by molar-refractivity contribution is 7.80. The van der Waals surface area contributed by atoms with Gasteiger partial charge in [-0.3, -0.25) is 4.79 Å². The van der Waals surface area contributed by atoms with Gasteiger partial charge in [0, 0.05) is 18.9 Å². The van der Waals surface area contributed by atoms with Crippen molar-refractivity contribution in [2.45, 2.75) is 20.4 Å². The number of aryl methyl sites for hydroxylation is 1. The molecule has 0 fully saturated rings. The van der Waals surface area contributed by atoms with E-state index in [0.29, 0.717) is 18.0 Å². The summed E-state index contributed by atoms with van der Waals surface area (Å²) in [5.41, 5.74) is 1.50. The molecule has 0 N–H and O–H groups in total. The van der Waals surface area contributed by atoms with Crippen LogP contribution < -0.4 is 5.56 Å². The molecule has 0 saturated heterocycles. The average Bonchev–Trinajstić information content (AvgIpc) is 2.64. The summed E-state index contributed by atoms with van der Waals surface area (Å²) in [7, 11) is 0. The maximum absolute atomic E-state index is 12.1. The average molecular weight is 237 g/mol. The Balaban J connectivity index is 2.48. The van der Waals surface area contributed by atoms with Crippen LogP contribution in [0.3, 0.4) is 0 Å². The van der Waals surface area contributed by atoms with Crippen molar-refractivity contribution >= 4 is 18.1 Å². The lowest BCUT2D eigenvalue weighted by Gasteiger charge is -2.10. The summed E-state index contributed by atoms with van der Waals surface area (Å²) in [4.78, 5) is 12.1. The number of aromatic nitrogens is 3. The number of nitrogens with zero attached hydrogens (tertiary/aromatic N) is 3. The Kier molecular flexibility index (Phi) is 3.05. The van der Waals surface area contributed by atoms with E-state index in [1.165, 1.54) is 0 Å². The zero-order chi connectivity index (χ0) is 11.7. The predicted octanol–water partition coefficient (Wildman–Crippen LogP) is 1.37. The molecular weight excluding hydrogens is 222 g/mol. The SMILES string of the molecule is Cc1cc2c(=O)n(CC(C)CS)ccn2n1. The van der Waals surface area contributed by atoms with Gasteiger partial charge in [-0.1, -0.05) is 6.92 Å². The van der Waals surface area contributed by atoms with Crippen LogP contribution in [-0.4, -0.2) is 19.9 Å². The van der Waals surface area contributed by atoms with E-state index in [4.69, 9.17) is 0 Å². The fourth-order valence-corrected chi connectivity index (χ4v) is 1.80. The Hall–Kier alpha value is -1.23. The number of hydrogen-bond acceptors (Lipinski definition) is 3. The topological polar surface area (TPSA) is 39.3 Å². The minimum absolute atomic E-state index is 0.0109. The molecule has 0 aliphatic rings. The summed E-state index contributed by atoms with van der Waals surface area (Å²) in [5.74, 6) is 1.16. The molecule has 86 valence electrons. The molecule has 1 atom stereocenters. The lowest BCUT2D eigenvalue weighted by Crippen LogP contribution is -2.24. The van der Waals surface area contributed by atoms with Crippen LogP contribution in [-0.2, 0) is 6.54 Å². The minimum Gasteiger partial charge on any atom is -0.312 e. The van der Waals surface area contributed by atoms with Crippen molar-refractivity contribution < 1.29 is 0 Å². The van der Waals surface area contributed by atoms with E-state index in [-0.39, 0.29) is 5.56 Å². The first-order valence-corrected chi connectivity index (χ1v) is 5.91. The van der Waals surface area contributed by atoms with Gasteiger partial charge in [-0.05, 0) is 24.7 Å². The van der Waals surface area contributed by atoms with Gasteiger partial charge < -0.3 is 4.57 Å². The highest BCUT2D eigenvalue weighted by Gasteiger charge is 2.07. The van der Waals surface area contributed by atoms with Gasteiger partial charge in [-0.25, -0.2) is 4.52 Å². The van der Waals surface area contributed by atoms with Crippen LogP contribution in [0.5, 0.6) is 0 Å². The van der Waals surface area contributed by atoms with Crippen molar-refractivity contribution in [2.75, 3.05) is 5.75 Å². The van der Waals surface area contributed by atoms with Gasteiger partial charge in [0.25, 0.3) is 5.56 Å². The molecule has 0 amide bonds. The number of fused-ring (bicyclic) bond motifs is 1. The van der Waals surface area contributed by atoms with Gasteiger partial charge in [-0.2, -0.15) is 17.7 Å². The summed E-state index contributed by atoms with van der Waals surface area (Å²) >= 11 is 4.22. The van der Waals surface area contributed by atoms with Crippen LogP contribution in [0.1, 0.15) is 12.6 Å². The molecular formula is C11H15N3OS. The normalized spacial score (nSPS) is 13.2. The van der Waals surface area contributed by atoms with Gasteiger partial charge in [0.2, 0.25) is 0 Å². The smallest absolute Gasteiger partial charge is 0.276 e. The van der Waals surface area contributed by atoms with Crippen molar-refractivity contribution in [1.82, 2.24) is 14.2 Å². The number of thiol groups is 1. The summed E-state index contributed by atoms with van der Waals surface area (Å²) in [5, 5.41) is 4.20. The molecule has 2 aromatic rings. The highest BCUT2D eigenvalue weighted by atomic mass is 32.1. The maximum Gasteiger partial charge on any atom is 0.276 e. The van der Waals surface area contributed by atoms with E-state index in [0.717, 1.165) is 11.4 Å². The van der Waals surface area contributed by atoms with Crippen molar-refractivity contribution in [3.8, 4) is 0 Å². The molecule has 0 saturated carbocycles. The van der Waals surface area contributed by atoms with Crippen molar-refractivity contribution in [2.24, 2.45) is 5.92 Å². The van der Waals surface area contributed by atoms with E-state index >= 15 is 0 Å². The zero-order valence-corrected chi connectivity index (χ0v) is 10.3. The molecule has 0 aromatic carbocycles. The molecule has 2 aromatic heterocycles. The van der Waals surface area contributed by atoms with Gasteiger partial charge in [0.15, 0.2) is 0 Å². The van der Waals surface area contributed by atoms with Crippen molar-refractivity contribution in [1.29, 1.82) is 0 Å². The maximum atomic E-state index is 12.1. The Morgan fingerprint density at radius 2 is 2.25 bits per heavy atom. The predicted molar refractivity (Wildman–Crippen MR) is 67.2 cm³/mol. The lowest BCUT2D eigenvalue weighted by atomic mass is 10.2. The van der Waals surface area contributed by atoms with E-state index in [2.05, 4.69) is 24.7 Å². The Morgan fingerprint density at radius 1 is 1.50 bits per heavy atom. The first-order valence-electron chi connectivity index (χ1n) is 5.28. The van der Waals surface area contributed by atoms with E-state index in [1.54, 1.807) is 15.3 Å². The largest absolute Gasteiger partial charge is 0.312 e. The first kappa shape index (κ1) is 11.3. The Morgan fingerprint density at radius 3 is 2.94 bits per heavy atom. The molecule has 2 rings (SSSR count). The van der Waals surface area contributed by atoms with Gasteiger partial charge in [-0.15, -0.1) is 0 Å². The summed E-state index contributed by atoms with van der Waals surface area (Å²) in [6.45, 7) is 4.65. The van der Waals surface area contributed by atoms with Crippen LogP contribution in [0, 0.1) is 12.8 Å².